The van der Waals surface area contributed by atoms with E-state index in [0.717, 1.165) is 47.7 Å². The molecule has 2 aromatic carbocycles. The number of hydrogen-bond donors (Lipinski definition) is 3. The first-order valence-electron chi connectivity index (χ1n) is 13.2. The molecule has 0 radical (unpaired) electrons. The molecule has 0 spiro atoms. The lowest BCUT2D eigenvalue weighted by Gasteiger charge is -2.32. The van der Waals surface area contributed by atoms with Crippen molar-refractivity contribution in [1.82, 2.24) is 15.2 Å². The standard InChI is InChI=1S/C29H37N5OS/c30-25-9-4-5-10-26(25)33-28(35)17-23-20-32-29(36-23)11-6-14-34-15-12-21(13-16-34)19-31-27-18-24(27)22-7-2-1-3-8-22/h1-5,7-10,20-21,24,27,31H,6,11-19,30H2,(H,33,35). The quantitative estimate of drug-likeness (QED) is 0.331. The van der Waals surface area contributed by atoms with Gasteiger partial charge in [-0.25, -0.2) is 4.98 Å². The zero-order valence-electron chi connectivity index (χ0n) is 20.9. The Balaban J connectivity index is 0.952. The van der Waals surface area contributed by atoms with E-state index in [1.807, 2.05) is 24.4 Å². The van der Waals surface area contributed by atoms with Gasteiger partial charge in [-0.05, 0) is 75.5 Å². The molecule has 3 aromatic rings. The van der Waals surface area contributed by atoms with Gasteiger partial charge in [0.15, 0.2) is 0 Å². The molecular weight excluding hydrogens is 466 g/mol. The van der Waals surface area contributed by atoms with Gasteiger partial charge in [-0.2, -0.15) is 0 Å². The first-order valence-corrected chi connectivity index (χ1v) is 14.0. The lowest BCUT2D eigenvalue weighted by atomic mass is 9.96. The molecule has 2 atom stereocenters. The molecule has 2 aliphatic rings. The molecule has 1 saturated heterocycles. The lowest BCUT2D eigenvalue weighted by molar-refractivity contribution is -0.115. The molecule has 190 valence electrons. The number of anilines is 2. The van der Waals surface area contributed by atoms with Gasteiger partial charge in [0.1, 0.15) is 0 Å². The number of hydrogen-bond acceptors (Lipinski definition) is 6. The maximum absolute atomic E-state index is 12.4. The van der Waals surface area contributed by atoms with Gasteiger partial charge in [0.2, 0.25) is 5.91 Å². The van der Waals surface area contributed by atoms with Crippen molar-refractivity contribution >= 4 is 28.6 Å². The molecule has 1 aliphatic heterocycles. The zero-order chi connectivity index (χ0) is 24.7. The topological polar surface area (TPSA) is 83.3 Å². The molecule has 1 aromatic heterocycles. The van der Waals surface area contributed by atoms with Gasteiger partial charge in [-0.1, -0.05) is 42.5 Å². The van der Waals surface area contributed by atoms with Crippen molar-refractivity contribution in [3.05, 3.63) is 76.2 Å². The van der Waals surface area contributed by atoms with E-state index in [1.165, 1.54) is 37.9 Å². The number of nitrogen functional groups attached to an aromatic ring is 1. The summed E-state index contributed by atoms with van der Waals surface area (Å²) in [6, 6.07) is 18.9. The summed E-state index contributed by atoms with van der Waals surface area (Å²) in [4.78, 5) is 20.5. The Labute approximate surface area is 218 Å². The van der Waals surface area contributed by atoms with Crippen LogP contribution in [0, 0.1) is 5.92 Å². The van der Waals surface area contributed by atoms with Crippen LogP contribution in [-0.2, 0) is 17.6 Å². The van der Waals surface area contributed by atoms with Crippen molar-refractivity contribution in [2.45, 2.75) is 50.5 Å². The molecule has 5 rings (SSSR count). The molecule has 0 bridgehead atoms. The van der Waals surface area contributed by atoms with Crippen molar-refractivity contribution in [2.75, 3.05) is 37.2 Å². The molecule has 36 heavy (non-hydrogen) atoms. The number of nitrogens with one attached hydrogen (secondary N) is 2. The normalized spacial score (nSPS) is 20.3. The Kier molecular flexibility index (Phi) is 8.31. The number of benzene rings is 2. The maximum Gasteiger partial charge on any atom is 0.229 e. The van der Waals surface area contributed by atoms with E-state index in [-0.39, 0.29) is 5.91 Å². The van der Waals surface area contributed by atoms with Crippen molar-refractivity contribution in [3.63, 3.8) is 0 Å². The molecule has 2 unspecified atom stereocenters. The zero-order valence-corrected chi connectivity index (χ0v) is 21.7. The molecule has 1 amide bonds. The lowest BCUT2D eigenvalue weighted by Crippen LogP contribution is -2.38. The van der Waals surface area contributed by atoms with E-state index in [1.54, 1.807) is 17.4 Å². The van der Waals surface area contributed by atoms with Gasteiger partial charge in [-0.15, -0.1) is 11.3 Å². The number of likely N-dealkylation sites (tertiary alicyclic amines) is 1. The molecule has 7 heteroatoms. The van der Waals surface area contributed by atoms with Crippen LogP contribution in [0.3, 0.4) is 0 Å². The first kappa shape index (κ1) is 24.9. The van der Waals surface area contributed by atoms with Crippen LogP contribution in [0.4, 0.5) is 11.4 Å². The van der Waals surface area contributed by atoms with E-state index in [9.17, 15) is 4.79 Å². The fourth-order valence-corrected chi connectivity index (χ4v) is 6.15. The number of thiazole rings is 1. The third-order valence-electron chi connectivity index (χ3n) is 7.43. The van der Waals surface area contributed by atoms with Crippen LogP contribution >= 0.6 is 11.3 Å². The second-order valence-electron chi connectivity index (χ2n) is 10.2. The molecule has 1 aliphatic carbocycles. The predicted molar refractivity (Wildman–Crippen MR) is 148 cm³/mol. The molecule has 2 fully saturated rings. The van der Waals surface area contributed by atoms with Gasteiger partial charge in [0, 0.05) is 29.5 Å². The number of carbonyl (C=O) groups is 1. The average molecular weight is 504 g/mol. The van der Waals surface area contributed by atoms with Gasteiger partial charge in [-0.3, -0.25) is 4.79 Å². The number of para-hydroxylation sites is 2. The second kappa shape index (κ2) is 12.0. The van der Waals surface area contributed by atoms with Gasteiger partial charge < -0.3 is 21.3 Å². The van der Waals surface area contributed by atoms with Crippen LogP contribution in [0.15, 0.2) is 60.8 Å². The summed E-state index contributed by atoms with van der Waals surface area (Å²) in [6.07, 6.45) is 8.13. The summed E-state index contributed by atoms with van der Waals surface area (Å²) in [5, 5.41) is 7.83. The van der Waals surface area contributed by atoms with Gasteiger partial charge in [0.25, 0.3) is 0 Å². The maximum atomic E-state index is 12.4. The number of rotatable bonds is 11. The fraction of sp³-hybridized carbons (Fsp3) is 0.448. The molecule has 6 nitrogen and oxygen atoms in total. The molecular formula is C29H37N5OS. The van der Waals surface area contributed by atoms with E-state index in [4.69, 9.17) is 5.73 Å². The van der Waals surface area contributed by atoms with Gasteiger partial charge >= 0.3 is 0 Å². The Morgan fingerprint density at radius 3 is 2.67 bits per heavy atom. The van der Waals surface area contributed by atoms with Crippen molar-refractivity contribution in [1.29, 1.82) is 0 Å². The minimum absolute atomic E-state index is 0.0577. The number of aryl methyl sites for hydroxylation is 1. The molecule has 2 heterocycles. The average Bonchev–Trinajstić information content (AvgIpc) is 3.55. The van der Waals surface area contributed by atoms with Crippen LogP contribution < -0.4 is 16.4 Å². The summed E-state index contributed by atoms with van der Waals surface area (Å²) < 4.78 is 0. The van der Waals surface area contributed by atoms with E-state index >= 15 is 0 Å². The number of carbonyl (C=O) groups excluding carboxylic acids is 1. The highest BCUT2D eigenvalue weighted by Crippen LogP contribution is 2.40. The number of nitrogens with two attached hydrogens (primary N) is 1. The number of piperidine rings is 1. The van der Waals surface area contributed by atoms with Gasteiger partial charge in [0.05, 0.1) is 22.8 Å². The Morgan fingerprint density at radius 2 is 1.86 bits per heavy atom. The Hall–Kier alpha value is -2.74. The van der Waals surface area contributed by atoms with Crippen LogP contribution in [0.2, 0.25) is 0 Å². The van der Waals surface area contributed by atoms with Crippen molar-refractivity contribution in [3.8, 4) is 0 Å². The van der Waals surface area contributed by atoms with Crippen LogP contribution in [0.25, 0.3) is 0 Å². The third kappa shape index (κ3) is 6.93. The number of amides is 1. The minimum Gasteiger partial charge on any atom is -0.397 e. The Bertz CT molecular complexity index is 1130. The summed E-state index contributed by atoms with van der Waals surface area (Å²) in [6.45, 7) is 4.69. The van der Waals surface area contributed by atoms with E-state index in [0.29, 0.717) is 23.8 Å². The van der Waals surface area contributed by atoms with Crippen LogP contribution in [0.5, 0.6) is 0 Å². The van der Waals surface area contributed by atoms with Crippen molar-refractivity contribution < 1.29 is 4.79 Å². The monoisotopic (exact) mass is 503 g/mol. The van der Waals surface area contributed by atoms with Crippen LogP contribution in [-0.4, -0.2) is 48.0 Å². The largest absolute Gasteiger partial charge is 0.397 e. The highest BCUT2D eigenvalue weighted by molar-refractivity contribution is 7.11. The van der Waals surface area contributed by atoms with Crippen molar-refractivity contribution in [2.24, 2.45) is 5.92 Å². The fourth-order valence-electron chi connectivity index (χ4n) is 5.18. The minimum atomic E-state index is -0.0577. The summed E-state index contributed by atoms with van der Waals surface area (Å²) >= 11 is 1.65. The summed E-state index contributed by atoms with van der Waals surface area (Å²) in [7, 11) is 0. The molecule has 1 saturated carbocycles. The van der Waals surface area contributed by atoms with Crippen LogP contribution in [0.1, 0.15) is 47.0 Å². The predicted octanol–water partition coefficient (Wildman–Crippen LogP) is 4.70. The van der Waals surface area contributed by atoms with E-state index < -0.39 is 0 Å². The summed E-state index contributed by atoms with van der Waals surface area (Å²) in [5.74, 6) is 1.46. The smallest absolute Gasteiger partial charge is 0.229 e. The number of aromatic nitrogens is 1. The first-order chi connectivity index (χ1) is 17.6. The highest BCUT2D eigenvalue weighted by Gasteiger charge is 2.38. The molecule has 4 N–H and O–H groups in total. The Morgan fingerprint density at radius 1 is 1.08 bits per heavy atom. The SMILES string of the molecule is Nc1ccccc1NC(=O)Cc1cnc(CCCN2CCC(CNC3CC3c3ccccc3)CC2)s1. The summed E-state index contributed by atoms with van der Waals surface area (Å²) in [5.41, 5.74) is 8.64. The second-order valence-corrected chi connectivity index (χ2v) is 11.4. The van der Waals surface area contributed by atoms with E-state index in [2.05, 4.69) is 50.8 Å². The number of nitrogens with zero attached hydrogens (tertiary/aromatic N) is 2. The third-order valence-corrected chi connectivity index (χ3v) is 8.49. The highest BCUT2D eigenvalue weighted by atomic mass is 32.1.